The van der Waals surface area contributed by atoms with Crippen LogP contribution in [0.25, 0.3) is 0 Å². The summed E-state index contributed by atoms with van der Waals surface area (Å²) in [7, 11) is 0. The minimum absolute atomic E-state index is 0.131. The summed E-state index contributed by atoms with van der Waals surface area (Å²) in [5, 5.41) is 3.82. The van der Waals surface area contributed by atoms with Crippen LogP contribution in [0.5, 0.6) is 0 Å². The van der Waals surface area contributed by atoms with Gasteiger partial charge in [0.15, 0.2) is 5.16 Å². The number of hydrogen-bond acceptors (Lipinski definition) is 5. The molecule has 0 atom stereocenters. The van der Waals surface area contributed by atoms with Gasteiger partial charge in [-0.1, -0.05) is 11.8 Å². The maximum Gasteiger partial charge on any atom is 0.223 e. The lowest BCUT2D eigenvalue weighted by molar-refractivity contribution is -0.126. The molecule has 116 valence electrons. The summed E-state index contributed by atoms with van der Waals surface area (Å²) >= 11 is 1.56. The van der Waals surface area contributed by atoms with Crippen molar-refractivity contribution < 1.29 is 4.79 Å². The van der Waals surface area contributed by atoms with Crippen LogP contribution in [0.15, 0.2) is 11.2 Å². The van der Waals surface area contributed by atoms with E-state index in [1.54, 1.807) is 11.8 Å². The Morgan fingerprint density at radius 2 is 2.05 bits per heavy atom. The van der Waals surface area contributed by atoms with Crippen LogP contribution in [0.1, 0.15) is 32.4 Å². The number of aryl methyl sites for hydroxylation is 1. The molecule has 0 radical (unpaired) electrons. The third kappa shape index (κ3) is 4.33. The number of hydrogen-bond donors (Lipinski definition) is 1. The first kappa shape index (κ1) is 16.1. The molecular formula is C15H24N4OS. The fraction of sp³-hybridized carbons (Fsp3) is 0.667. The summed E-state index contributed by atoms with van der Waals surface area (Å²) in [6.07, 6.45) is 3.76. The van der Waals surface area contributed by atoms with E-state index < -0.39 is 0 Å². The van der Waals surface area contributed by atoms with Crippen LogP contribution in [0, 0.1) is 12.8 Å². The van der Waals surface area contributed by atoms with Gasteiger partial charge in [0.1, 0.15) is 5.82 Å². The van der Waals surface area contributed by atoms with Crippen LogP contribution in [0.3, 0.4) is 0 Å². The number of anilines is 1. The summed E-state index contributed by atoms with van der Waals surface area (Å²) in [6.45, 7) is 7.75. The Morgan fingerprint density at radius 1 is 1.38 bits per heavy atom. The van der Waals surface area contributed by atoms with Gasteiger partial charge in [-0.05, 0) is 39.9 Å². The van der Waals surface area contributed by atoms with E-state index in [4.69, 9.17) is 0 Å². The van der Waals surface area contributed by atoms with Crippen LogP contribution >= 0.6 is 11.8 Å². The van der Waals surface area contributed by atoms with Gasteiger partial charge in [0.05, 0.1) is 0 Å². The number of thioether (sulfide) groups is 1. The van der Waals surface area contributed by atoms with Crippen LogP contribution in [-0.2, 0) is 4.79 Å². The fourth-order valence-corrected chi connectivity index (χ4v) is 2.97. The minimum atomic E-state index is 0.131. The summed E-state index contributed by atoms with van der Waals surface area (Å²) in [4.78, 5) is 23.3. The predicted octanol–water partition coefficient (Wildman–Crippen LogP) is 2.25. The molecule has 2 heterocycles. The third-order valence-corrected chi connectivity index (χ3v) is 4.17. The highest BCUT2D eigenvalue weighted by atomic mass is 32.2. The summed E-state index contributed by atoms with van der Waals surface area (Å²) < 4.78 is 0. The second-order valence-electron chi connectivity index (χ2n) is 5.78. The average Bonchev–Trinajstić information content (AvgIpc) is 2.46. The molecule has 1 fully saturated rings. The molecule has 1 amide bonds. The second kappa shape index (κ2) is 7.11. The summed E-state index contributed by atoms with van der Waals surface area (Å²) in [5.41, 5.74) is 0.990. The normalized spacial score (nSPS) is 16.3. The number of piperidine rings is 1. The Labute approximate surface area is 130 Å². The Bertz CT molecular complexity index is 498. The molecule has 0 saturated carbocycles. The first-order chi connectivity index (χ1) is 9.99. The van der Waals surface area contributed by atoms with E-state index in [1.165, 1.54) is 0 Å². The van der Waals surface area contributed by atoms with Crippen molar-refractivity contribution in [3.05, 3.63) is 11.8 Å². The number of nitrogens with one attached hydrogen (secondary N) is 1. The zero-order valence-corrected chi connectivity index (χ0v) is 14.0. The standard InChI is InChI=1S/C15H24N4OS/c1-10(2)16-14(20)12-5-7-19(8-6-12)13-9-11(3)17-15(18-13)21-4/h9-10,12H,5-8H2,1-4H3,(H,16,20). The average molecular weight is 308 g/mol. The minimum Gasteiger partial charge on any atom is -0.356 e. The molecular weight excluding hydrogens is 284 g/mol. The molecule has 1 aromatic heterocycles. The number of aromatic nitrogens is 2. The molecule has 0 bridgehead atoms. The molecule has 1 aromatic rings. The van der Waals surface area contributed by atoms with Gasteiger partial charge in [0.25, 0.3) is 0 Å². The Kier molecular flexibility index (Phi) is 5.45. The van der Waals surface area contributed by atoms with Gasteiger partial charge < -0.3 is 10.2 Å². The van der Waals surface area contributed by atoms with Gasteiger partial charge in [0, 0.05) is 36.8 Å². The number of carbonyl (C=O) groups excluding carboxylic acids is 1. The van der Waals surface area contributed by atoms with E-state index in [0.29, 0.717) is 0 Å². The largest absolute Gasteiger partial charge is 0.356 e. The van der Waals surface area contributed by atoms with Gasteiger partial charge in [-0.25, -0.2) is 9.97 Å². The SMILES string of the molecule is CSc1nc(C)cc(N2CCC(C(=O)NC(C)C)CC2)n1. The Balaban J connectivity index is 1.98. The fourth-order valence-electron chi connectivity index (χ4n) is 2.55. The van der Waals surface area contributed by atoms with Crippen molar-refractivity contribution in [2.45, 2.75) is 44.8 Å². The van der Waals surface area contributed by atoms with Crippen molar-refractivity contribution in [1.29, 1.82) is 0 Å². The van der Waals surface area contributed by atoms with Gasteiger partial charge in [-0.2, -0.15) is 0 Å². The predicted molar refractivity (Wildman–Crippen MR) is 86.8 cm³/mol. The molecule has 6 heteroatoms. The van der Waals surface area contributed by atoms with Crippen molar-refractivity contribution in [2.75, 3.05) is 24.2 Å². The summed E-state index contributed by atoms with van der Waals surface area (Å²) in [5.74, 6) is 1.30. The molecule has 5 nitrogen and oxygen atoms in total. The third-order valence-electron chi connectivity index (χ3n) is 3.62. The lowest BCUT2D eigenvalue weighted by Crippen LogP contribution is -2.42. The van der Waals surface area contributed by atoms with Gasteiger partial charge >= 0.3 is 0 Å². The van der Waals surface area contributed by atoms with Gasteiger partial charge in [-0.3, -0.25) is 4.79 Å². The van der Waals surface area contributed by atoms with E-state index in [2.05, 4.69) is 20.2 Å². The van der Waals surface area contributed by atoms with Crippen molar-refractivity contribution in [1.82, 2.24) is 15.3 Å². The van der Waals surface area contributed by atoms with E-state index in [0.717, 1.165) is 42.6 Å². The van der Waals surface area contributed by atoms with Crippen molar-refractivity contribution >= 4 is 23.5 Å². The zero-order valence-electron chi connectivity index (χ0n) is 13.2. The molecule has 0 spiro atoms. The number of nitrogens with zero attached hydrogens (tertiary/aromatic N) is 3. The first-order valence-electron chi connectivity index (χ1n) is 7.44. The topological polar surface area (TPSA) is 58.1 Å². The van der Waals surface area contributed by atoms with E-state index in [1.807, 2.05) is 33.1 Å². The van der Waals surface area contributed by atoms with Crippen LogP contribution in [0.4, 0.5) is 5.82 Å². The zero-order chi connectivity index (χ0) is 15.4. The van der Waals surface area contributed by atoms with Gasteiger partial charge in [0.2, 0.25) is 5.91 Å². The lowest BCUT2D eigenvalue weighted by Gasteiger charge is -2.32. The maximum absolute atomic E-state index is 12.0. The molecule has 21 heavy (non-hydrogen) atoms. The molecule has 1 aliphatic heterocycles. The number of amides is 1. The molecule has 1 saturated heterocycles. The van der Waals surface area contributed by atoms with Crippen LogP contribution in [-0.4, -0.2) is 41.3 Å². The molecule has 0 unspecified atom stereocenters. The quantitative estimate of drug-likeness (QED) is 0.683. The smallest absolute Gasteiger partial charge is 0.223 e. The van der Waals surface area contributed by atoms with Crippen LogP contribution < -0.4 is 10.2 Å². The first-order valence-corrected chi connectivity index (χ1v) is 8.67. The lowest BCUT2D eigenvalue weighted by atomic mass is 9.95. The molecule has 0 aromatic carbocycles. The molecule has 0 aliphatic carbocycles. The highest BCUT2D eigenvalue weighted by Gasteiger charge is 2.26. The number of carbonyl (C=O) groups is 1. The van der Waals surface area contributed by atoms with E-state index in [-0.39, 0.29) is 17.9 Å². The van der Waals surface area contributed by atoms with E-state index in [9.17, 15) is 4.79 Å². The molecule has 2 rings (SSSR count). The maximum atomic E-state index is 12.0. The second-order valence-corrected chi connectivity index (χ2v) is 6.55. The van der Waals surface area contributed by atoms with Gasteiger partial charge in [-0.15, -0.1) is 0 Å². The summed E-state index contributed by atoms with van der Waals surface area (Å²) in [6, 6.07) is 2.23. The highest BCUT2D eigenvalue weighted by molar-refractivity contribution is 7.98. The van der Waals surface area contributed by atoms with Crippen molar-refractivity contribution in [3.63, 3.8) is 0 Å². The highest BCUT2D eigenvalue weighted by Crippen LogP contribution is 2.24. The Hall–Kier alpha value is -1.30. The van der Waals surface area contributed by atoms with Crippen molar-refractivity contribution in [2.24, 2.45) is 5.92 Å². The van der Waals surface area contributed by atoms with E-state index >= 15 is 0 Å². The molecule has 1 N–H and O–H groups in total. The van der Waals surface area contributed by atoms with Crippen LogP contribution in [0.2, 0.25) is 0 Å². The Morgan fingerprint density at radius 3 is 2.62 bits per heavy atom. The molecule has 1 aliphatic rings. The number of rotatable bonds is 4. The van der Waals surface area contributed by atoms with Crippen molar-refractivity contribution in [3.8, 4) is 0 Å². The monoisotopic (exact) mass is 308 g/mol.